The minimum Gasteiger partial charge on any atom is -0.465 e. The highest BCUT2D eigenvalue weighted by Gasteiger charge is 2.19. The Labute approximate surface area is 224 Å². The predicted molar refractivity (Wildman–Crippen MR) is 153 cm³/mol. The van der Waals surface area contributed by atoms with Gasteiger partial charge >= 0.3 is 5.97 Å². The molecule has 38 heavy (non-hydrogen) atoms. The summed E-state index contributed by atoms with van der Waals surface area (Å²) in [4.78, 5) is 16.9. The third-order valence-corrected chi connectivity index (χ3v) is 5.25. The van der Waals surface area contributed by atoms with Gasteiger partial charge in [0.1, 0.15) is 0 Å². The summed E-state index contributed by atoms with van der Waals surface area (Å²) in [6.45, 7) is 10.5. The molecule has 0 amide bonds. The number of para-hydroxylation sites is 1. The normalized spacial score (nSPS) is 9.55. The van der Waals surface area contributed by atoms with Gasteiger partial charge in [-0.15, -0.1) is 0 Å². The number of ether oxygens (including phenoxy) is 2. The molecular weight excluding hydrogens is 482 g/mol. The topological polar surface area (TPSA) is 152 Å². The minimum atomic E-state index is -0.400. The van der Waals surface area contributed by atoms with E-state index < -0.39 is 5.97 Å². The number of carbonyl (C=O) groups excluding carboxylic acids is 1. The average Bonchev–Trinajstić information content (AvgIpc) is 3.32. The number of carbonyl (C=O) groups is 1. The standard InChI is InChI=1S/C25H25N3O3.C2H5N.C2H6.H3NO/c1-3-31-25-27-22-10-6-9-21(24(29)30-2)23(22)28(25)16-17-11-13-18(14-12-17)20-8-5-4-7-19(20)15-26;1-2-3;2*1-2/h4-14H,3,15-16,26H2,1-2H3;2H,1,3H2;1-2H3;2H,1H2. The summed E-state index contributed by atoms with van der Waals surface area (Å²) < 4.78 is 12.7. The number of nitrogens with zero attached hydrogens (tertiary/aromatic N) is 2. The number of hydrogen-bond acceptors (Lipinski definition) is 8. The summed E-state index contributed by atoms with van der Waals surface area (Å²) >= 11 is 0. The number of nitrogens with two attached hydrogens (primary N) is 3. The van der Waals surface area contributed by atoms with Crippen molar-refractivity contribution in [2.75, 3.05) is 13.7 Å². The van der Waals surface area contributed by atoms with Gasteiger partial charge < -0.3 is 26.1 Å². The van der Waals surface area contributed by atoms with E-state index in [-0.39, 0.29) is 0 Å². The molecule has 0 aliphatic carbocycles. The second kappa shape index (κ2) is 17.3. The molecule has 9 heteroatoms. The zero-order valence-electron chi connectivity index (χ0n) is 22.6. The van der Waals surface area contributed by atoms with Crippen LogP contribution in [0.2, 0.25) is 0 Å². The van der Waals surface area contributed by atoms with Crippen molar-refractivity contribution >= 4 is 17.0 Å². The van der Waals surface area contributed by atoms with Gasteiger partial charge in [-0.05, 0) is 47.5 Å². The van der Waals surface area contributed by atoms with Gasteiger partial charge in [-0.25, -0.2) is 10.7 Å². The fraction of sp³-hybridized carbons (Fsp3) is 0.241. The Morgan fingerprint density at radius 3 is 2.26 bits per heavy atom. The Morgan fingerprint density at radius 2 is 1.68 bits per heavy atom. The predicted octanol–water partition coefficient (Wildman–Crippen LogP) is 4.84. The van der Waals surface area contributed by atoms with Crippen molar-refractivity contribution in [2.45, 2.75) is 33.9 Å². The van der Waals surface area contributed by atoms with Crippen molar-refractivity contribution in [2.24, 2.45) is 17.4 Å². The van der Waals surface area contributed by atoms with Gasteiger partial charge in [-0.2, -0.15) is 4.98 Å². The highest BCUT2D eigenvalue weighted by Crippen LogP contribution is 2.28. The fourth-order valence-corrected chi connectivity index (χ4v) is 3.78. The van der Waals surface area contributed by atoms with E-state index >= 15 is 0 Å². The maximum absolute atomic E-state index is 12.3. The molecule has 0 spiro atoms. The van der Waals surface area contributed by atoms with E-state index in [1.54, 1.807) is 12.1 Å². The van der Waals surface area contributed by atoms with E-state index in [0.717, 1.165) is 22.3 Å². The molecule has 204 valence electrons. The molecule has 9 nitrogen and oxygen atoms in total. The molecule has 3 aromatic carbocycles. The van der Waals surface area contributed by atoms with E-state index in [1.165, 1.54) is 13.3 Å². The molecule has 0 fully saturated rings. The highest BCUT2D eigenvalue weighted by atomic mass is 16.5. The van der Waals surface area contributed by atoms with Gasteiger partial charge in [0.2, 0.25) is 0 Å². The zero-order chi connectivity index (χ0) is 28.5. The fourth-order valence-electron chi connectivity index (χ4n) is 3.78. The molecule has 0 aliphatic rings. The molecule has 7 N–H and O–H groups in total. The van der Waals surface area contributed by atoms with Crippen LogP contribution in [-0.2, 0) is 17.8 Å². The lowest BCUT2D eigenvalue weighted by molar-refractivity contribution is 0.0602. The van der Waals surface area contributed by atoms with Crippen LogP contribution in [0.4, 0.5) is 0 Å². The molecule has 0 saturated carbocycles. The van der Waals surface area contributed by atoms with Crippen LogP contribution in [0.5, 0.6) is 6.01 Å². The maximum atomic E-state index is 12.3. The van der Waals surface area contributed by atoms with Crippen LogP contribution in [0.1, 0.15) is 42.3 Å². The van der Waals surface area contributed by atoms with Gasteiger partial charge in [-0.1, -0.05) is 75.0 Å². The molecule has 0 bridgehead atoms. The number of imidazole rings is 1. The number of hydrogen-bond donors (Lipinski definition) is 4. The summed E-state index contributed by atoms with van der Waals surface area (Å²) in [5.41, 5.74) is 16.8. The van der Waals surface area contributed by atoms with Gasteiger partial charge in [0.05, 0.1) is 36.9 Å². The summed E-state index contributed by atoms with van der Waals surface area (Å²) in [6.07, 6.45) is 1.25. The Kier molecular flexibility index (Phi) is 14.5. The lowest BCUT2D eigenvalue weighted by atomic mass is 9.99. The second-order valence-corrected chi connectivity index (χ2v) is 7.37. The van der Waals surface area contributed by atoms with E-state index in [9.17, 15) is 4.79 Å². The van der Waals surface area contributed by atoms with E-state index in [4.69, 9.17) is 20.4 Å². The van der Waals surface area contributed by atoms with Crippen LogP contribution in [0, 0.1) is 0 Å². The summed E-state index contributed by atoms with van der Waals surface area (Å²) in [7, 11) is 1.38. The van der Waals surface area contributed by atoms with Crippen LogP contribution < -0.4 is 22.1 Å². The number of benzene rings is 3. The molecule has 4 rings (SSSR count). The Morgan fingerprint density at radius 1 is 1.05 bits per heavy atom. The molecule has 0 saturated heterocycles. The molecule has 0 unspecified atom stereocenters. The van der Waals surface area contributed by atoms with Gasteiger partial charge in [0, 0.05) is 6.54 Å². The van der Waals surface area contributed by atoms with Crippen LogP contribution in [-0.4, -0.2) is 34.4 Å². The number of aromatic nitrogens is 2. The quantitative estimate of drug-likeness (QED) is 0.199. The lowest BCUT2D eigenvalue weighted by Gasteiger charge is -2.12. The SMILES string of the molecule is C=CN.CC.CCOc1nc2cccc(C(=O)OC)c2n1Cc1ccc(-c2ccccc2CN)cc1.NO. The Balaban J connectivity index is 0.000000944. The van der Waals surface area contributed by atoms with Crippen LogP contribution in [0.3, 0.4) is 0 Å². The van der Waals surface area contributed by atoms with Gasteiger partial charge in [-0.3, -0.25) is 4.57 Å². The van der Waals surface area contributed by atoms with Crippen molar-refractivity contribution in [1.29, 1.82) is 0 Å². The first-order valence-electron chi connectivity index (χ1n) is 12.2. The van der Waals surface area contributed by atoms with Gasteiger partial charge in [0.15, 0.2) is 0 Å². The molecule has 0 aliphatic heterocycles. The number of rotatable bonds is 7. The van der Waals surface area contributed by atoms with Gasteiger partial charge in [0.25, 0.3) is 6.01 Å². The van der Waals surface area contributed by atoms with Crippen molar-refractivity contribution in [3.8, 4) is 17.1 Å². The third kappa shape index (κ3) is 7.91. The minimum absolute atomic E-state index is 0.400. The van der Waals surface area contributed by atoms with Crippen molar-refractivity contribution in [1.82, 2.24) is 9.55 Å². The number of methoxy groups -OCH3 is 1. The van der Waals surface area contributed by atoms with E-state index in [1.807, 2.05) is 49.6 Å². The Bertz CT molecular complexity index is 1270. The smallest absolute Gasteiger partial charge is 0.340 e. The van der Waals surface area contributed by atoms with E-state index in [0.29, 0.717) is 42.3 Å². The lowest BCUT2D eigenvalue weighted by Crippen LogP contribution is -2.09. The third-order valence-electron chi connectivity index (χ3n) is 5.25. The van der Waals surface area contributed by atoms with E-state index in [2.05, 4.69) is 53.5 Å². The first-order valence-corrected chi connectivity index (χ1v) is 12.2. The van der Waals surface area contributed by atoms with Crippen LogP contribution >= 0.6 is 0 Å². The first-order chi connectivity index (χ1) is 18.6. The molecular formula is C29H39N5O4. The second-order valence-electron chi connectivity index (χ2n) is 7.37. The molecule has 0 radical (unpaired) electrons. The molecule has 4 aromatic rings. The summed E-state index contributed by atoms with van der Waals surface area (Å²) in [5.74, 6) is 3.10. The zero-order valence-corrected chi connectivity index (χ0v) is 22.6. The highest BCUT2D eigenvalue weighted by molar-refractivity contribution is 6.02. The van der Waals surface area contributed by atoms with Crippen molar-refractivity contribution < 1.29 is 19.5 Å². The summed E-state index contributed by atoms with van der Waals surface area (Å²) in [6, 6.07) is 22.4. The number of esters is 1. The van der Waals surface area contributed by atoms with Crippen LogP contribution in [0.25, 0.3) is 22.2 Å². The van der Waals surface area contributed by atoms with Crippen LogP contribution in [0.15, 0.2) is 79.5 Å². The van der Waals surface area contributed by atoms with Crippen molar-refractivity contribution in [3.05, 3.63) is 96.2 Å². The number of fused-ring (bicyclic) bond motifs is 1. The van der Waals surface area contributed by atoms with Crippen molar-refractivity contribution in [3.63, 3.8) is 0 Å². The molecule has 0 atom stereocenters. The summed E-state index contributed by atoms with van der Waals surface area (Å²) in [5, 5.41) is 6.50. The first kappa shape index (κ1) is 31.8. The molecule has 1 aromatic heterocycles. The largest absolute Gasteiger partial charge is 0.465 e. The average molecular weight is 522 g/mol. The molecule has 1 heterocycles. The Hall–Kier alpha value is -4.18. The maximum Gasteiger partial charge on any atom is 0.340 e. The monoisotopic (exact) mass is 521 g/mol.